The van der Waals surface area contributed by atoms with Gasteiger partial charge in [-0.1, -0.05) is 42.5 Å². The summed E-state index contributed by atoms with van der Waals surface area (Å²) >= 11 is 0. The molecule has 0 bridgehead atoms. The highest BCUT2D eigenvalue weighted by molar-refractivity contribution is 6.02. The monoisotopic (exact) mass is 478 g/mol. The fourth-order valence-corrected chi connectivity index (χ4v) is 5.07. The molecule has 2 aromatic carbocycles. The van der Waals surface area contributed by atoms with E-state index in [0.29, 0.717) is 30.3 Å². The number of piperazine rings is 1. The van der Waals surface area contributed by atoms with Crippen molar-refractivity contribution in [2.45, 2.75) is 26.2 Å². The number of carbonyl (C=O) groups is 2. The largest absolute Gasteiger partial charge is 0.327 e. The molecule has 0 radical (unpaired) electrons. The number of hydrogen-bond acceptors (Lipinski definition) is 5. The van der Waals surface area contributed by atoms with Crippen molar-refractivity contribution in [2.24, 2.45) is 0 Å². The van der Waals surface area contributed by atoms with Gasteiger partial charge in [0.25, 0.3) is 11.9 Å². The number of aromatic nitrogens is 4. The van der Waals surface area contributed by atoms with Gasteiger partial charge in [0.05, 0.1) is 23.1 Å². The molecule has 8 heteroatoms. The molecule has 1 saturated heterocycles. The highest BCUT2D eigenvalue weighted by Gasteiger charge is 2.30. The van der Waals surface area contributed by atoms with E-state index in [1.807, 2.05) is 49.5 Å². The Morgan fingerprint density at radius 3 is 2.53 bits per heavy atom. The van der Waals surface area contributed by atoms with Crippen LogP contribution in [-0.2, 0) is 17.6 Å². The summed E-state index contributed by atoms with van der Waals surface area (Å²) in [6.45, 7) is 2.78. The molecule has 2 aromatic heterocycles. The molecule has 2 aliphatic rings. The Balaban J connectivity index is 1.26. The van der Waals surface area contributed by atoms with Crippen molar-refractivity contribution in [3.05, 3.63) is 89.4 Å². The lowest BCUT2D eigenvalue weighted by Crippen LogP contribution is -2.52. The van der Waals surface area contributed by atoms with Crippen LogP contribution in [0.2, 0.25) is 0 Å². The summed E-state index contributed by atoms with van der Waals surface area (Å²) in [4.78, 5) is 38.9. The third kappa shape index (κ3) is 3.84. The van der Waals surface area contributed by atoms with E-state index in [2.05, 4.69) is 28.3 Å². The predicted octanol–water partition coefficient (Wildman–Crippen LogP) is 3.62. The summed E-state index contributed by atoms with van der Waals surface area (Å²) in [6, 6.07) is 17.9. The van der Waals surface area contributed by atoms with E-state index in [1.165, 1.54) is 5.56 Å². The highest BCUT2D eigenvalue weighted by atomic mass is 16.2. The average Bonchev–Trinajstić information content (AvgIpc) is 3.19. The topological polar surface area (TPSA) is 84.2 Å². The third-order valence-electron chi connectivity index (χ3n) is 7.02. The van der Waals surface area contributed by atoms with Gasteiger partial charge in [0.15, 0.2) is 0 Å². The van der Waals surface area contributed by atoms with Crippen molar-refractivity contribution >= 4 is 17.5 Å². The van der Waals surface area contributed by atoms with Gasteiger partial charge in [-0.15, -0.1) is 0 Å². The zero-order chi connectivity index (χ0) is 24.6. The molecule has 180 valence electrons. The first kappa shape index (κ1) is 22.2. The number of hydrogen-bond donors (Lipinski definition) is 0. The van der Waals surface area contributed by atoms with Crippen molar-refractivity contribution in [3.63, 3.8) is 0 Å². The van der Waals surface area contributed by atoms with Gasteiger partial charge in [-0.3, -0.25) is 9.59 Å². The number of nitrogens with zero attached hydrogens (tertiary/aromatic N) is 6. The van der Waals surface area contributed by atoms with Gasteiger partial charge in [-0.2, -0.15) is 5.10 Å². The first-order chi connectivity index (χ1) is 17.6. The second kappa shape index (κ2) is 9.03. The van der Waals surface area contributed by atoms with Gasteiger partial charge < -0.3 is 9.80 Å². The van der Waals surface area contributed by atoms with Gasteiger partial charge in [0.2, 0.25) is 5.91 Å². The number of amides is 2. The Kier molecular flexibility index (Phi) is 5.56. The van der Waals surface area contributed by atoms with Crippen LogP contribution < -0.4 is 4.90 Å². The number of anilines is 1. The first-order valence-electron chi connectivity index (χ1n) is 12.2. The lowest BCUT2D eigenvalue weighted by Gasteiger charge is -2.34. The molecule has 0 saturated carbocycles. The molecule has 1 aliphatic heterocycles. The zero-order valence-electron chi connectivity index (χ0n) is 20.1. The minimum atomic E-state index is -0.208. The number of para-hydroxylation sites is 1. The highest BCUT2D eigenvalue weighted by Crippen LogP contribution is 2.31. The van der Waals surface area contributed by atoms with Crippen molar-refractivity contribution in [2.75, 3.05) is 24.5 Å². The molecule has 6 rings (SSSR count). The van der Waals surface area contributed by atoms with Gasteiger partial charge in [0.1, 0.15) is 6.54 Å². The molecule has 0 unspecified atom stereocenters. The van der Waals surface area contributed by atoms with E-state index in [4.69, 9.17) is 4.98 Å². The van der Waals surface area contributed by atoms with E-state index in [-0.39, 0.29) is 18.4 Å². The van der Waals surface area contributed by atoms with Gasteiger partial charge >= 0.3 is 0 Å². The Labute approximate surface area is 209 Å². The number of benzene rings is 2. The maximum atomic E-state index is 13.4. The normalized spacial score (nSPS) is 15.3. The van der Waals surface area contributed by atoms with E-state index < -0.39 is 0 Å². The molecule has 1 fully saturated rings. The van der Waals surface area contributed by atoms with Gasteiger partial charge in [0, 0.05) is 30.5 Å². The van der Waals surface area contributed by atoms with Crippen LogP contribution in [0.25, 0.3) is 17.2 Å². The van der Waals surface area contributed by atoms with Crippen LogP contribution in [0.15, 0.2) is 67.0 Å². The standard InChI is InChI=1S/C28H26N6O2/c1-19-24(27(36)32-14-15-33(25(35)18-32)22-11-3-2-4-12-22)17-30-34(19)28-29-16-21-10-7-9-20-8-5-6-13-23(20)26(21)31-28/h2-6,8,11-13,16-17H,7,9-10,14-15,18H2,1H3. The molecule has 8 nitrogen and oxygen atoms in total. The van der Waals surface area contributed by atoms with Crippen LogP contribution in [-0.4, -0.2) is 56.1 Å². The molecule has 1 aliphatic carbocycles. The number of aryl methyl sites for hydroxylation is 2. The molecular formula is C28H26N6O2. The number of carbonyl (C=O) groups excluding carboxylic acids is 2. The Hall–Kier alpha value is -4.33. The maximum absolute atomic E-state index is 13.4. The molecule has 3 heterocycles. The van der Waals surface area contributed by atoms with E-state index in [0.717, 1.165) is 41.8 Å². The molecule has 2 amide bonds. The van der Waals surface area contributed by atoms with E-state index in [1.54, 1.807) is 20.7 Å². The fraction of sp³-hybridized carbons (Fsp3) is 0.250. The summed E-state index contributed by atoms with van der Waals surface area (Å²) in [5, 5.41) is 4.46. The quantitative estimate of drug-likeness (QED) is 0.449. The lowest BCUT2D eigenvalue weighted by atomic mass is 10.0. The van der Waals surface area contributed by atoms with Crippen molar-refractivity contribution in [1.82, 2.24) is 24.6 Å². The average molecular weight is 479 g/mol. The van der Waals surface area contributed by atoms with Crippen LogP contribution in [0.4, 0.5) is 5.69 Å². The van der Waals surface area contributed by atoms with Crippen LogP contribution in [0.5, 0.6) is 0 Å². The number of rotatable bonds is 3. The first-order valence-corrected chi connectivity index (χ1v) is 12.2. The van der Waals surface area contributed by atoms with Crippen LogP contribution >= 0.6 is 0 Å². The summed E-state index contributed by atoms with van der Waals surface area (Å²) in [7, 11) is 0. The molecule has 4 aromatic rings. The Morgan fingerprint density at radius 1 is 0.917 bits per heavy atom. The molecule has 36 heavy (non-hydrogen) atoms. The lowest BCUT2D eigenvalue weighted by molar-refractivity contribution is -0.120. The second-order valence-corrected chi connectivity index (χ2v) is 9.22. The molecule has 0 spiro atoms. The zero-order valence-corrected chi connectivity index (χ0v) is 20.1. The summed E-state index contributed by atoms with van der Waals surface area (Å²) < 4.78 is 1.61. The van der Waals surface area contributed by atoms with Crippen LogP contribution in [0.1, 0.15) is 33.6 Å². The summed E-state index contributed by atoms with van der Waals surface area (Å²) in [5.41, 5.74) is 6.42. The molecular weight excluding hydrogens is 452 g/mol. The summed E-state index contributed by atoms with van der Waals surface area (Å²) in [6.07, 6.45) is 6.42. The fourth-order valence-electron chi connectivity index (χ4n) is 5.07. The van der Waals surface area contributed by atoms with Gasteiger partial charge in [-0.25, -0.2) is 14.6 Å². The predicted molar refractivity (Wildman–Crippen MR) is 136 cm³/mol. The van der Waals surface area contributed by atoms with E-state index in [9.17, 15) is 9.59 Å². The smallest absolute Gasteiger partial charge is 0.257 e. The van der Waals surface area contributed by atoms with Crippen LogP contribution in [0.3, 0.4) is 0 Å². The van der Waals surface area contributed by atoms with Gasteiger partial charge in [-0.05, 0) is 49.4 Å². The number of fused-ring (bicyclic) bond motifs is 3. The molecule has 0 atom stereocenters. The van der Waals surface area contributed by atoms with Crippen LogP contribution in [0, 0.1) is 6.92 Å². The third-order valence-corrected chi connectivity index (χ3v) is 7.02. The van der Waals surface area contributed by atoms with Crippen molar-refractivity contribution in [1.29, 1.82) is 0 Å². The summed E-state index contributed by atoms with van der Waals surface area (Å²) in [5.74, 6) is 0.130. The van der Waals surface area contributed by atoms with E-state index >= 15 is 0 Å². The van der Waals surface area contributed by atoms with Crippen molar-refractivity contribution < 1.29 is 9.59 Å². The van der Waals surface area contributed by atoms with Crippen molar-refractivity contribution in [3.8, 4) is 17.2 Å². The minimum absolute atomic E-state index is 0.0322. The Bertz CT molecular complexity index is 1460. The Morgan fingerprint density at radius 2 is 1.69 bits per heavy atom. The maximum Gasteiger partial charge on any atom is 0.257 e. The minimum Gasteiger partial charge on any atom is -0.327 e. The SMILES string of the molecule is Cc1c(C(=O)N2CCN(c3ccccc3)C(=O)C2)cnn1-c1ncc2c(n1)-c1ccccc1CCC2. The molecule has 0 N–H and O–H groups in total. The second-order valence-electron chi connectivity index (χ2n) is 9.22.